The molecular weight excluding hydrogens is 220 g/mol. The van der Waals surface area contributed by atoms with Gasteiger partial charge >= 0.3 is 0 Å². The summed E-state index contributed by atoms with van der Waals surface area (Å²) in [4.78, 5) is 0. The minimum atomic E-state index is -0.212. The number of hydrogen-bond acceptors (Lipinski definition) is 2. The summed E-state index contributed by atoms with van der Waals surface area (Å²) in [5.41, 5.74) is 12.3. The highest BCUT2D eigenvalue weighted by Gasteiger charge is 2.54. The Morgan fingerprint density at radius 3 is 1.50 bits per heavy atom. The number of rotatable bonds is 6. The Hall–Kier alpha value is -0.0800. The van der Waals surface area contributed by atoms with Crippen LogP contribution < -0.4 is 11.5 Å². The normalized spacial score (nSPS) is 16.8. The predicted octanol–water partition coefficient (Wildman–Crippen LogP) is 3.79. The van der Waals surface area contributed by atoms with Gasteiger partial charge in [0.1, 0.15) is 0 Å². The van der Waals surface area contributed by atoms with Crippen LogP contribution in [0.5, 0.6) is 0 Å². The maximum Gasteiger partial charge on any atom is 0.0154 e. The fraction of sp³-hybridized carbons (Fsp3) is 1.00. The lowest BCUT2D eigenvalue weighted by molar-refractivity contribution is -0.0869. The summed E-state index contributed by atoms with van der Waals surface area (Å²) in [5, 5.41) is 0. The third-order valence-corrected chi connectivity index (χ3v) is 6.62. The van der Waals surface area contributed by atoms with Gasteiger partial charge in [0.05, 0.1) is 0 Å². The lowest BCUT2D eigenvalue weighted by Gasteiger charge is -2.59. The Balaban J connectivity index is 5.49. The van der Waals surface area contributed by atoms with Gasteiger partial charge in [-0.15, -0.1) is 0 Å². The average molecular weight is 256 g/mol. The van der Waals surface area contributed by atoms with Crippen LogP contribution in [0.25, 0.3) is 0 Å². The van der Waals surface area contributed by atoms with Crippen LogP contribution in [0.3, 0.4) is 0 Å². The van der Waals surface area contributed by atoms with Gasteiger partial charge in [0.2, 0.25) is 0 Å². The van der Waals surface area contributed by atoms with Crippen LogP contribution in [0, 0.1) is 22.2 Å². The molecule has 0 aromatic heterocycles. The predicted molar refractivity (Wildman–Crippen MR) is 82.4 cm³/mol. The van der Waals surface area contributed by atoms with Crippen LogP contribution in [0.1, 0.15) is 68.7 Å². The molecule has 2 nitrogen and oxygen atoms in total. The van der Waals surface area contributed by atoms with Gasteiger partial charge in [-0.1, -0.05) is 48.5 Å². The number of hydrogen-bond donors (Lipinski definition) is 2. The smallest absolute Gasteiger partial charge is 0.0154 e. The van der Waals surface area contributed by atoms with Crippen molar-refractivity contribution in [3.8, 4) is 0 Å². The average Bonchev–Trinajstić information content (AvgIpc) is 2.15. The van der Waals surface area contributed by atoms with Crippen molar-refractivity contribution in [1.29, 1.82) is 0 Å². The monoisotopic (exact) mass is 256 g/mol. The third-order valence-electron chi connectivity index (χ3n) is 6.62. The molecule has 0 saturated heterocycles. The molecule has 0 radical (unpaired) electrons. The van der Waals surface area contributed by atoms with Crippen molar-refractivity contribution in [2.75, 3.05) is 6.54 Å². The fourth-order valence-corrected chi connectivity index (χ4v) is 2.84. The SMILES string of the molecule is CC(CCN)C(C)(C)C(C)(C)C(C)(C)C(C)(C)N. The van der Waals surface area contributed by atoms with Gasteiger partial charge in [-0.2, -0.15) is 0 Å². The van der Waals surface area contributed by atoms with Crippen molar-refractivity contribution in [3.05, 3.63) is 0 Å². The van der Waals surface area contributed by atoms with E-state index in [9.17, 15) is 0 Å². The van der Waals surface area contributed by atoms with Crippen molar-refractivity contribution < 1.29 is 0 Å². The zero-order valence-electron chi connectivity index (χ0n) is 14.1. The molecule has 1 unspecified atom stereocenters. The highest BCUT2D eigenvalue weighted by molar-refractivity contribution is 5.06. The summed E-state index contributed by atoms with van der Waals surface area (Å²) in [6, 6.07) is 0. The van der Waals surface area contributed by atoms with Gasteiger partial charge in [-0.25, -0.2) is 0 Å². The molecule has 0 aliphatic rings. The van der Waals surface area contributed by atoms with E-state index in [2.05, 4.69) is 62.3 Å². The molecule has 0 saturated carbocycles. The largest absolute Gasteiger partial charge is 0.330 e. The van der Waals surface area contributed by atoms with Gasteiger partial charge in [-0.3, -0.25) is 0 Å². The second-order valence-electron chi connectivity index (χ2n) is 8.17. The van der Waals surface area contributed by atoms with Crippen molar-refractivity contribution >= 4 is 0 Å². The van der Waals surface area contributed by atoms with Gasteiger partial charge in [0, 0.05) is 5.54 Å². The van der Waals surface area contributed by atoms with E-state index in [0.717, 1.165) is 13.0 Å². The Bertz CT molecular complexity index is 269. The first-order valence-electron chi connectivity index (χ1n) is 7.22. The molecule has 0 aromatic rings. The fourth-order valence-electron chi connectivity index (χ4n) is 2.84. The molecule has 0 aliphatic carbocycles. The molecule has 0 spiro atoms. The van der Waals surface area contributed by atoms with E-state index in [0.29, 0.717) is 5.92 Å². The maximum absolute atomic E-state index is 6.45. The molecule has 0 aliphatic heterocycles. The lowest BCUT2D eigenvalue weighted by Crippen LogP contribution is -2.60. The first-order valence-corrected chi connectivity index (χ1v) is 7.22. The summed E-state index contributed by atoms with van der Waals surface area (Å²) in [7, 11) is 0. The van der Waals surface area contributed by atoms with E-state index in [1.54, 1.807) is 0 Å². The van der Waals surface area contributed by atoms with Crippen LogP contribution in [0.2, 0.25) is 0 Å². The zero-order chi connectivity index (χ0) is 15.0. The van der Waals surface area contributed by atoms with E-state index in [1.165, 1.54) is 0 Å². The minimum absolute atomic E-state index is 0.0341. The van der Waals surface area contributed by atoms with Crippen LogP contribution in [0.4, 0.5) is 0 Å². The summed E-state index contributed by atoms with van der Waals surface area (Å²) >= 11 is 0. The van der Waals surface area contributed by atoms with Gasteiger partial charge < -0.3 is 11.5 Å². The Morgan fingerprint density at radius 1 is 0.833 bits per heavy atom. The van der Waals surface area contributed by atoms with Gasteiger partial charge in [0.25, 0.3) is 0 Å². The van der Waals surface area contributed by atoms with E-state index in [4.69, 9.17) is 11.5 Å². The summed E-state index contributed by atoms with van der Waals surface area (Å²) in [6.07, 6.45) is 1.07. The van der Waals surface area contributed by atoms with E-state index in [1.807, 2.05) is 0 Å². The van der Waals surface area contributed by atoms with Gasteiger partial charge in [-0.05, 0) is 49.0 Å². The first kappa shape index (κ1) is 17.9. The lowest BCUT2D eigenvalue weighted by atomic mass is 9.47. The Morgan fingerprint density at radius 2 is 1.22 bits per heavy atom. The van der Waals surface area contributed by atoms with Crippen molar-refractivity contribution in [2.24, 2.45) is 33.6 Å². The number of nitrogens with two attached hydrogens (primary N) is 2. The highest BCUT2D eigenvalue weighted by Crippen LogP contribution is 2.58. The van der Waals surface area contributed by atoms with E-state index >= 15 is 0 Å². The Labute approximate surface area is 115 Å². The second-order valence-corrected chi connectivity index (χ2v) is 8.17. The molecule has 0 bridgehead atoms. The topological polar surface area (TPSA) is 52.0 Å². The van der Waals surface area contributed by atoms with Crippen LogP contribution in [-0.2, 0) is 0 Å². The molecule has 1 atom stereocenters. The molecule has 0 aromatic carbocycles. The van der Waals surface area contributed by atoms with E-state index < -0.39 is 0 Å². The van der Waals surface area contributed by atoms with Gasteiger partial charge in [0.15, 0.2) is 0 Å². The summed E-state index contributed by atoms with van der Waals surface area (Å²) in [6.45, 7) is 21.4. The quantitative estimate of drug-likeness (QED) is 0.759. The van der Waals surface area contributed by atoms with Crippen molar-refractivity contribution in [1.82, 2.24) is 0 Å². The first-order chi connectivity index (χ1) is 7.73. The molecule has 2 heteroatoms. The minimum Gasteiger partial charge on any atom is -0.330 e. The van der Waals surface area contributed by atoms with Crippen LogP contribution in [-0.4, -0.2) is 12.1 Å². The highest BCUT2D eigenvalue weighted by atomic mass is 14.8. The standard InChI is InChI=1S/C16H36N2/c1-12(10-11-17)13(2,3)14(4,5)15(6,7)16(8,9)18/h12H,10-11,17-18H2,1-9H3. The molecule has 0 amide bonds. The van der Waals surface area contributed by atoms with Crippen molar-refractivity contribution in [3.63, 3.8) is 0 Å². The molecule has 4 N–H and O–H groups in total. The van der Waals surface area contributed by atoms with Crippen LogP contribution >= 0.6 is 0 Å². The third kappa shape index (κ3) is 2.75. The summed E-state index contributed by atoms with van der Waals surface area (Å²) < 4.78 is 0. The molecule has 110 valence electrons. The Kier molecular flexibility index (Phi) is 5.10. The molecule has 0 fully saturated rings. The van der Waals surface area contributed by atoms with E-state index in [-0.39, 0.29) is 21.8 Å². The second kappa shape index (κ2) is 5.13. The molecule has 18 heavy (non-hydrogen) atoms. The molecular formula is C16H36N2. The van der Waals surface area contributed by atoms with Crippen molar-refractivity contribution in [2.45, 2.75) is 74.3 Å². The van der Waals surface area contributed by atoms with Crippen LogP contribution in [0.15, 0.2) is 0 Å². The maximum atomic E-state index is 6.45. The molecule has 0 rings (SSSR count). The zero-order valence-corrected chi connectivity index (χ0v) is 14.1. The summed E-state index contributed by atoms with van der Waals surface area (Å²) in [5.74, 6) is 0.583. The molecule has 0 heterocycles.